The lowest BCUT2D eigenvalue weighted by atomic mass is 10.1. The number of aliphatic hydroxyl groups excluding tert-OH is 1. The number of rotatable bonds is 12. The highest BCUT2D eigenvalue weighted by molar-refractivity contribution is 5.97. The van der Waals surface area contributed by atoms with Gasteiger partial charge in [0.15, 0.2) is 0 Å². The number of hydrogen-bond acceptors (Lipinski definition) is 10. The summed E-state index contributed by atoms with van der Waals surface area (Å²) in [6.45, 7) is 0.138. The van der Waals surface area contributed by atoms with Crippen LogP contribution in [0.2, 0.25) is 0 Å². The first kappa shape index (κ1) is 30.4. The Bertz CT molecular complexity index is 1470. The number of nitrogens with zero attached hydrogens (tertiary/aromatic N) is 3. The fourth-order valence-electron chi connectivity index (χ4n) is 5.01. The molecule has 13 nitrogen and oxygen atoms in total. The Labute approximate surface area is 253 Å². The summed E-state index contributed by atoms with van der Waals surface area (Å²) >= 11 is 0. The lowest BCUT2D eigenvalue weighted by Crippen LogP contribution is -2.49. The van der Waals surface area contributed by atoms with Crippen molar-refractivity contribution in [2.75, 3.05) is 31.6 Å². The van der Waals surface area contributed by atoms with Crippen LogP contribution in [0.5, 0.6) is 0 Å². The predicted octanol–water partition coefficient (Wildman–Crippen LogP) is 2.23. The molecule has 5 N–H and O–H groups in total. The van der Waals surface area contributed by atoms with Gasteiger partial charge >= 0.3 is 12.1 Å². The van der Waals surface area contributed by atoms with E-state index in [2.05, 4.69) is 25.9 Å². The average molecular weight is 603 g/mol. The minimum Gasteiger partial charge on any atom is -0.480 e. The standard InChI is InChI=1S/C31H34N6O7/c38-27(34-16-25(30(40)41)36-29-28(39)23-10-4-5-11-24(23)35-29)19-43-22-14-21(15-33-26-12-6-7-13-32-26)37(17-22)31(42)44-18-20-8-2-1-3-9-20/h1-13,21-22,25,28,39H,14-19H2,(H,32,33)(H,34,38)(H,35,36)(H,40,41)/t21?,22?,25-,28?/m0/s1. The van der Waals surface area contributed by atoms with Crippen LogP contribution in [0, 0.1) is 0 Å². The molecule has 0 aliphatic carbocycles. The molecule has 3 aromatic rings. The normalized spacial score (nSPS) is 19.4. The van der Waals surface area contributed by atoms with E-state index in [1.807, 2.05) is 48.5 Å². The predicted molar refractivity (Wildman–Crippen MR) is 160 cm³/mol. The van der Waals surface area contributed by atoms with E-state index in [0.29, 0.717) is 30.0 Å². The SMILES string of the molecule is O=C(COC1CC(CNc2ccccn2)N(C(=O)OCc2ccccc2)C1)NC[C@H](NC1=Nc2ccccc2C1O)C(=O)O. The van der Waals surface area contributed by atoms with Crippen LogP contribution in [0.4, 0.5) is 16.3 Å². The zero-order valence-corrected chi connectivity index (χ0v) is 23.8. The van der Waals surface area contributed by atoms with Gasteiger partial charge in [0, 0.05) is 24.8 Å². The Hall–Kier alpha value is -5.01. The second-order valence-corrected chi connectivity index (χ2v) is 10.4. The number of ether oxygens (including phenoxy) is 2. The number of likely N-dealkylation sites (tertiary alicyclic amines) is 1. The van der Waals surface area contributed by atoms with Crippen molar-refractivity contribution >= 4 is 35.3 Å². The van der Waals surface area contributed by atoms with Gasteiger partial charge in [-0.25, -0.2) is 19.6 Å². The van der Waals surface area contributed by atoms with Crippen LogP contribution in [-0.4, -0.2) is 88.3 Å². The topological polar surface area (TPSA) is 175 Å². The monoisotopic (exact) mass is 602 g/mol. The lowest BCUT2D eigenvalue weighted by molar-refractivity contribution is -0.139. The van der Waals surface area contributed by atoms with Crippen molar-refractivity contribution in [2.45, 2.75) is 37.3 Å². The van der Waals surface area contributed by atoms with E-state index in [1.165, 1.54) is 0 Å². The summed E-state index contributed by atoms with van der Waals surface area (Å²) in [5.41, 5.74) is 1.98. The second-order valence-electron chi connectivity index (χ2n) is 10.4. The third-order valence-corrected chi connectivity index (χ3v) is 7.30. The number of aliphatic imine (C=N–C) groups is 1. The van der Waals surface area contributed by atoms with Crippen molar-refractivity contribution in [1.82, 2.24) is 20.5 Å². The number of hydrogen-bond donors (Lipinski definition) is 5. The molecule has 13 heteroatoms. The van der Waals surface area contributed by atoms with Gasteiger partial charge in [-0.05, 0) is 30.2 Å². The summed E-state index contributed by atoms with van der Waals surface area (Å²) in [7, 11) is 0. The van der Waals surface area contributed by atoms with Crippen LogP contribution in [0.1, 0.15) is 23.7 Å². The minimum atomic E-state index is -1.23. The molecule has 0 spiro atoms. The average Bonchev–Trinajstić information content (AvgIpc) is 3.61. The highest BCUT2D eigenvalue weighted by Gasteiger charge is 2.37. The fourth-order valence-corrected chi connectivity index (χ4v) is 5.01. The van der Waals surface area contributed by atoms with Crippen molar-refractivity contribution in [3.63, 3.8) is 0 Å². The molecule has 1 fully saturated rings. The number of amides is 2. The highest BCUT2D eigenvalue weighted by atomic mass is 16.6. The van der Waals surface area contributed by atoms with Crippen LogP contribution in [0.25, 0.3) is 0 Å². The number of carboxylic acids is 1. The number of fused-ring (bicyclic) bond motifs is 1. The summed E-state index contributed by atoms with van der Waals surface area (Å²) in [6.07, 6.45) is 0.0877. The summed E-state index contributed by atoms with van der Waals surface area (Å²) in [5.74, 6) is -0.987. The summed E-state index contributed by atoms with van der Waals surface area (Å²) in [6, 6.07) is 20.3. The van der Waals surface area contributed by atoms with Crippen molar-refractivity contribution in [3.8, 4) is 0 Å². The number of carbonyl (C=O) groups excluding carboxylic acids is 2. The van der Waals surface area contributed by atoms with Gasteiger partial charge in [-0.1, -0.05) is 54.6 Å². The molecule has 4 atom stereocenters. The number of aliphatic carboxylic acids is 1. The van der Waals surface area contributed by atoms with E-state index in [1.54, 1.807) is 35.4 Å². The van der Waals surface area contributed by atoms with Crippen LogP contribution in [-0.2, 0) is 25.7 Å². The molecule has 2 aliphatic heterocycles. The van der Waals surface area contributed by atoms with E-state index < -0.39 is 36.2 Å². The zero-order chi connectivity index (χ0) is 30.9. The molecule has 44 heavy (non-hydrogen) atoms. The quantitative estimate of drug-likeness (QED) is 0.207. The van der Waals surface area contributed by atoms with Crippen molar-refractivity contribution in [2.24, 2.45) is 4.99 Å². The number of aromatic nitrogens is 1. The molecule has 0 bridgehead atoms. The molecule has 0 saturated carbocycles. The molecule has 2 aliphatic rings. The van der Waals surface area contributed by atoms with Gasteiger partial charge in [0.1, 0.15) is 37.0 Å². The van der Waals surface area contributed by atoms with Crippen molar-refractivity contribution in [1.29, 1.82) is 0 Å². The first-order valence-electron chi connectivity index (χ1n) is 14.2. The third kappa shape index (κ3) is 7.88. The Kier molecular flexibility index (Phi) is 10.00. The Morgan fingerprint density at radius 1 is 1.02 bits per heavy atom. The van der Waals surface area contributed by atoms with E-state index in [4.69, 9.17) is 9.47 Å². The number of benzene rings is 2. The van der Waals surface area contributed by atoms with Gasteiger partial charge < -0.3 is 40.5 Å². The maximum Gasteiger partial charge on any atom is 0.410 e. The first-order valence-corrected chi connectivity index (χ1v) is 14.2. The van der Waals surface area contributed by atoms with Crippen LogP contribution >= 0.6 is 0 Å². The fraction of sp³-hybridized carbons (Fsp3) is 0.323. The van der Waals surface area contributed by atoms with E-state index in [0.717, 1.165) is 5.56 Å². The molecule has 2 aromatic carbocycles. The maximum absolute atomic E-state index is 13.0. The van der Waals surface area contributed by atoms with Gasteiger partial charge in [0.25, 0.3) is 0 Å². The number of pyridine rings is 1. The van der Waals surface area contributed by atoms with Crippen LogP contribution < -0.4 is 16.0 Å². The van der Waals surface area contributed by atoms with Crippen LogP contribution in [0.15, 0.2) is 84.0 Å². The molecular formula is C31H34N6O7. The van der Waals surface area contributed by atoms with Gasteiger partial charge in [-0.3, -0.25) is 4.79 Å². The smallest absolute Gasteiger partial charge is 0.410 e. The highest BCUT2D eigenvalue weighted by Crippen LogP contribution is 2.32. The molecule has 1 aromatic heterocycles. The number of carbonyl (C=O) groups is 3. The van der Waals surface area contributed by atoms with Gasteiger partial charge in [0.2, 0.25) is 5.91 Å². The summed E-state index contributed by atoms with van der Waals surface area (Å²) in [5, 5.41) is 28.7. The third-order valence-electron chi connectivity index (χ3n) is 7.30. The lowest BCUT2D eigenvalue weighted by Gasteiger charge is -2.24. The summed E-state index contributed by atoms with van der Waals surface area (Å²) < 4.78 is 11.4. The molecule has 1 saturated heterocycles. The van der Waals surface area contributed by atoms with Gasteiger partial charge in [0.05, 0.1) is 24.4 Å². The summed E-state index contributed by atoms with van der Waals surface area (Å²) in [4.78, 5) is 47.6. The number of aliphatic hydroxyl groups is 1. The Morgan fingerprint density at radius 3 is 2.55 bits per heavy atom. The number of nitrogens with one attached hydrogen (secondary N) is 3. The number of carboxylic acid groups (broad SMARTS) is 1. The molecule has 3 heterocycles. The van der Waals surface area contributed by atoms with Crippen LogP contribution in [0.3, 0.4) is 0 Å². The van der Waals surface area contributed by atoms with E-state index in [9.17, 15) is 24.6 Å². The largest absolute Gasteiger partial charge is 0.480 e. The Morgan fingerprint density at radius 2 is 1.80 bits per heavy atom. The number of anilines is 1. The molecular weight excluding hydrogens is 568 g/mol. The van der Waals surface area contributed by atoms with Crippen molar-refractivity contribution < 1.29 is 34.1 Å². The van der Waals surface area contributed by atoms with Gasteiger partial charge in [-0.15, -0.1) is 0 Å². The molecule has 5 rings (SSSR count). The molecule has 2 amide bonds. The first-order chi connectivity index (χ1) is 21.4. The second kappa shape index (κ2) is 14.4. The molecule has 0 radical (unpaired) electrons. The minimum absolute atomic E-state index is 0.0969. The van der Waals surface area contributed by atoms with Crippen molar-refractivity contribution in [3.05, 3.63) is 90.1 Å². The van der Waals surface area contributed by atoms with Gasteiger partial charge in [-0.2, -0.15) is 0 Å². The van der Waals surface area contributed by atoms with E-state index in [-0.39, 0.29) is 38.2 Å². The molecule has 230 valence electrons. The maximum atomic E-state index is 13.0. The number of para-hydroxylation sites is 1. The number of amidine groups is 1. The Balaban J connectivity index is 1.12. The van der Waals surface area contributed by atoms with E-state index >= 15 is 0 Å². The zero-order valence-electron chi connectivity index (χ0n) is 23.8. The molecule has 3 unspecified atom stereocenters.